The van der Waals surface area contributed by atoms with Crippen molar-refractivity contribution in [1.29, 1.82) is 0 Å². The lowest BCUT2D eigenvalue weighted by molar-refractivity contribution is 0.620. The van der Waals surface area contributed by atoms with Gasteiger partial charge in [-0.15, -0.1) is 0 Å². The number of halogens is 1. The number of rotatable bonds is 4. The summed E-state index contributed by atoms with van der Waals surface area (Å²) < 4.78 is 15.5. The lowest BCUT2D eigenvalue weighted by atomic mass is 10.2. The lowest BCUT2D eigenvalue weighted by Crippen LogP contribution is -2.15. The van der Waals surface area contributed by atoms with Crippen molar-refractivity contribution in [2.45, 2.75) is 6.54 Å². The number of benzene rings is 1. The van der Waals surface area contributed by atoms with Crippen molar-refractivity contribution < 1.29 is 4.39 Å². The van der Waals surface area contributed by atoms with Crippen LogP contribution in [0.25, 0.3) is 11.4 Å². The molecule has 0 aliphatic heterocycles. The fraction of sp³-hybridized carbons (Fsp3) is 0.250. The van der Waals surface area contributed by atoms with Gasteiger partial charge in [-0.3, -0.25) is 0 Å². The Morgan fingerprint density at radius 3 is 2.94 bits per heavy atom. The van der Waals surface area contributed by atoms with E-state index in [2.05, 4.69) is 10.3 Å². The zero-order valence-electron chi connectivity index (χ0n) is 9.15. The molecule has 0 fully saturated rings. The Bertz CT molecular complexity index is 465. The predicted molar refractivity (Wildman–Crippen MR) is 61.5 cm³/mol. The third-order valence-electron chi connectivity index (χ3n) is 2.43. The van der Waals surface area contributed by atoms with Crippen molar-refractivity contribution in [3.63, 3.8) is 0 Å². The summed E-state index contributed by atoms with van der Waals surface area (Å²) in [5, 5.41) is 3.06. The first-order valence-electron chi connectivity index (χ1n) is 5.23. The Hall–Kier alpha value is -1.68. The van der Waals surface area contributed by atoms with E-state index in [0.29, 0.717) is 11.4 Å². The van der Waals surface area contributed by atoms with Crippen LogP contribution >= 0.6 is 0 Å². The first kappa shape index (κ1) is 10.8. The second-order valence-electron chi connectivity index (χ2n) is 3.53. The van der Waals surface area contributed by atoms with Gasteiger partial charge in [0, 0.05) is 25.5 Å². The summed E-state index contributed by atoms with van der Waals surface area (Å²) in [6.07, 6.45) is 3.55. The molecule has 1 aromatic carbocycles. The van der Waals surface area contributed by atoms with Crippen molar-refractivity contribution in [1.82, 2.24) is 14.9 Å². The maximum atomic E-state index is 13.6. The summed E-state index contributed by atoms with van der Waals surface area (Å²) >= 11 is 0. The van der Waals surface area contributed by atoms with E-state index in [0.717, 1.165) is 13.1 Å². The number of hydrogen-bond acceptors (Lipinski definition) is 2. The molecule has 0 spiro atoms. The highest BCUT2D eigenvalue weighted by Crippen LogP contribution is 2.20. The molecule has 0 unspecified atom stereocenters. The molecule has 16 heavy (non-hydrogen) atoms. The van der Waals surface area contributed by atoms with Gasteiger partial charge in [-0.1, -0.05) is 12.1 Å². The molecule has 0 bridgehead atoms. The van der Waals surface area contributed by atoms with E-state index in [4.69, 9.17) is 0 Å². The topological polar surface area (TPSA) is 29.9 Å². The van der Waals surface area contributed by atoms with E-state index in [1.165, 1.54) is 6.07 Å². The first-order chi connectivity index (χ1) is 7.83. The Morgan fingerprint density at radius 2 is 2.19 bits per heavy atom. The molecule has 0 saturated carbocycles. The monoisotopic (exact) mass is 219 g/mol. The molecule has 0 aliphatic carbocycles. The quantitative estimate of drug-likeness (QED) is 0.851. The van der Waals surface area contributed by atoms with Gasteiger partial charge in [-0.25, -0.2) is 9.37 Å². The zero-order chi connectivity index (χ0) is 11.4. The molecule has 1 heterocycles. The van der Waals surface area contributed by atoms with Gasteiger partial charge in [0.1, 0.15) is 11.6 Å². The van der Waals surface area contributed by atoms with E-state index in [1.54, 1.807) is 18.3 Å². The number of aromatic nitrogens is 2. The number of likely N-dealkylation sites (N-methyl/N-ethyl adjacent to an activating group) is 1. The van der Waals surface area contributed by atoms with E-state index in [1.807, 2.05) is 23.9 Å². The number of hydrogen-bond donors (Lipinski definition) is 1. The number of nitrogens with one attached hydrogen (secondary N) is 1. The standard InChI is InChI=1S/C12H14FN3/c1-14-6-8-16-9-7-15-12(16)10-4-2-3-5-11(10)13/h2-5,7,9,14H,6,8H2,1H3. The molecule has 2 rings (SSSR count). The Labute approximate surface area is 93.9 Å². The molecule has 0 aliphatic rings. The summed E-state index contributed by atoms with van der Waals surface area (Å²) in [7, 11) is 1.89. The molecule has 4 heteroatoms. The van der Waals surface area contributed by atoms with Crippen molar-refractivity contribution >= 4 is 0 Å². The fourth-order valence-electron chi connectivity index (χ4n) is 1.61. The molecular weight excluding hydrogens is 205 g/mol. The van der Waals surface area contributed by atoms with E-state index in [9.17, 15) is 4.39 Å². The van der Waals surface area contributed by atoms with Crippen LogP contribution in [-0.2, 0) is 6.54 Å². The van der Waals surface area contributed by atoms with Gasteiger partial charge >= 0.3 is 0 Å². The van der Waals surface area contributed by atoms with Gasteiger partial charge in [0.05, 0.1) is 5.56 Å². The van der Waals surface area contributed by atoms with Gasteiger partial charge in [0.15, 0.2) is 0 Å². The highest BCUT2D eigenvalue weighted by molar-refractivity contribution is 5.56. The third-order valence-corrected chi connectivity index (χ3v) is 2.43. The average molecular weight is 219 g/mol. The second-order valence-corrected chi connectivity index (χ2v) is 3.53. The molecule has 3 nitrogen and oxygen atoms in total. The molecule has 1 aromatic heterocycles. The van der Waals surface area contributed by atoms with Crippen LogP contribution in [0.15, 0.2) is 36.7 Å². The highest BCUT2D eigenvalue weighted by atomic mass is 19.1. The minimum absolute atomic E-state index is 0.237. The van der Waals surface area contributed by atoms with Crippen LogP contribution in [-0.4, -0.2) is 23.1 Å². The molecule has 0 atom stereocenters. The highest BCUT2D eigenvalue weighted by Gasteiger charge is 2.09. The van der Waals surface area contributed by atoms with Crippen LogP contribution in [0.5, 0.6) is 0 Å². The average Bonchev–Trinajstić information content (AvgIpc) is 2.75. The van der Waals surface area contributed by atoms with Crippen LogP contribution in [0.1, 0.15) is 0 Å². The Balaban J connectivity index is 2.33. The van der Waals surface area contributed by atoms with Crippen LogP contribution in [0.2, 0.25) is 0 Å². The number of nitrogens with zero attached hydrogens (tertiary/aromatic N) is 2. The normalized spacial score (nSPS) is 10.6. The minimum Gasteiger partial charge on any atom is -0.330 e. The molecule has 0 saturated heterocycles. The minimum atomic E-state index is -0.237. The lowest BCUT2D eigenvalue weighted by Gasteiger charge is -2.07. The molecule has 0 radical (unpaired) electrons. The smallest absolute Gasteiger partial charge is 0.142 e. The van der Waals surface area contributed by atoms with E-state index in [-0.39, 0.29) is 5.82 Å². The SMILES string of the molecule is CNCCn1ccnc1-c1ccccc1F. The van der Waals surface area contributed by atoms with E-state index < -0.39 is 0 Å². The van der Waals surface area contributed by atoms with Crippen molar-refractivity contribution in [3.8, 4) is 11.4 Å². The van der Waals surface area contributed by atoms with Crippen LogP contribution in [0.4, 0.5) is 4.39 Å². The third kappa shape index (κ3) is 2.12. The van der Waals surface area contributed by atoms with Crippen molar-refractivity contribution in [2.24, 2.45) is 0 Å². The van der Waals surface area contributed by atoms with Crippen LogP contribution in [0.3, 0.4) is 0 Å². The summed E-state index contributed by atoms with van der Waals surface area (Å²) in [5.41, 5.74) is 0.545. The summed E-state index contributed by atoms with van der Waals surface area (Å²) in [4.78, 5) is 4.20. The predicted octanol–water partition coefficient (Wildman–Crippen LogP) is 1.91. The molecule has 2 aromatic rings. The second kappa shape index (κ2) is 4.90. The first-order valence-corrected chi connectivity index (χ1v) is 5.23. The Kier molecular flexibility index (Phi) is 3.31. The maximum absolute atomic E-state index is 13.6. The van der Waals surface area contributed by atoms with Crippen molar-refractivity contribution in [2.75, 3.05) is 13.6 Å². The van der Waals surface area contributed by atoms with Gasteiger partial charge in [-0.05, 0) is 19.2 Å². The molecule has 84 valence electrons. The van der Waals surface area contributed by atoms with Gasteiger partial charge in [0.25, 0.3) is 0 Å². The van der Waals surface area contributed by atoms with Crippen molar-refractivity contribution in [3.05, 3.63) is 42.5 Å². The summed E-state index contributed by atoms with van der Waals surface area (Å²) in [5.74, 6) is 0.438. The summed E-state index contributed by atoms with van der Waals surface area (Å²) in [6, 6.07) is 6.69. The van der Waals surface area contributed by atoms with Crippen LogP contribution in [0, 0.1) is 5.82 Å². The fourth-order valence-corrected chi connectivity index (χ4v) is 1.61. The summed E-state index contributed by atoms with van der Waals surface area (Å²) in [6.45, 7) is 1.61. The van der Waals surface area contributed by atoms with Crippen LogP contribution < -0.4 is 5.32 Å². The van der Waals surface area contributed by atoms with Gasteiger partial charge in [0.2, 0.25) is 0 Å². The number of imidazole rings is 1. The van der Waals surface area contributed by atoms with Gasteiger partial charge in [-0.2, -0.15) is 0 Å². The van der Waals surface area contributed by atoms with E-state index >= 15 is 0 Å². The van der Waals surface area contributed by atoms with Gasteiger partial charge < -0.3 is 9.88 Å². The molecule has 0 amide bonds. The zero-order valence-corrected chi connectivity index (χ0v) is 9.15. The molecule has 1 N–H and O–H groups in total. The molecular formula is C12H14FN3. The Morgan fingerprint density at radius 1 is 1.38 bits per heavy atom. The largest absolute Gasteiger partial charge is 0.330 e. The maximum Gasteiger partial charge on any atom is 0.142 e.